The van der Waals surface area contributed by atoms with Crippen LogP contribution in [-0.2, 0) is 19.5 Å². The summed E-state index contributed by atoms with van der Waals surface area (Å²) in [5.41, 5.74) is 3.44. The number of nitrogens with zero attached hydrogens (tertiary/aromatic N) is 3. The lowest BCUT2D eigenvalue weighted by Crippen LogP contribution is -2.26. The van der Waals surface area contributed by atoms with Crippen LogP contribution >= 0.6 is 11.8 Å². The molecule has 0 saturated carbocycles. The topological polar surface area (TPSA) is 29.0 Å². The van der Waals surface area contributed by atoms with Crippen molar-refractivity contribution in [3.63, 3.8) is 0 Å². The summed E-state index contributed by atoms with van der Waals surface area (Å²) in [5, 5.41) is 0. The van der Waals surface area contributed by atoms with Gasteiger partial charge in [0.2, 0.25) is 0 Å². The van der Waals surface area contributed by atoms with Gasteiger partial charge in [-0.2, -0.15) is 11.8 Å². The maximum absolute atomic E-state index is 4.73. The smallest absolute Gasteiger partial charge is 0.0547 e. The van der Waals surface area contributed by atoms with Crippen LogP contribution in [0, 0.1) is 0 Å². The molecule has 0 aliphatic rings. The van der Waals surface area contributed by atoms with E-state index in [0.717, 1.165) is 43.2 Å². The van der Waals surface area contributed by atoms with Crippen LogP contribution < -0.4 is 0 Å². The van der Waals surface area contributed by atoms with Crippen molar-refractivity contribution >= 4 is 11.8 Å². The SMILES string of the molecule is CCSCCN(Cc1ccccn1)Cc1cccc(CC)n1. The molecule has 0 aromatic carbocycles. The zero-order chi connectivity index (χ0) is 15.6. The number of pyridine rings is 2. The van der Waals surface area contributed by atoms with E-state index in [4.69, 9.17) is 4.98 Å². The fraction of sp³-hybridized carbons (Fsp3) is 0.444. The molecule has 0 radical (unpaired) electrons. The molecule has 3 nitrogen and oxygen atoms in total. The van der Waals surface area contributed by atoms with E-state index >= 15 is 0 Å². The second kappa shape index (κ2) is 9.59. The molecule has 118 valence electrons. The summed E-state index contributed by atoms with van der Waals surface area (Å²) in [6.45, 7) is 7.18. The first-order valence-electron chi connectivity index (χ1n) is 7.96. The standard InChI is InChI=1S/C18H25N3S/c1-3-16-9-7-10-18(20-16)15-21(12-13-22-4-2)14-17-8-5-6-11-19-17/h5-11H,3-4,12-15H2,1-2H3. The Morgan fingerprint density at radius 3 is 2.45 bits per heavy atom. The molecule has 0 amide bonds. The molecule has 2 heterocycles. The van der Waals surface area contributed by atoms with E-state index in [-0.39, 0.29) is 0 Å². The van der Waals surface area contributed by atoms with E-state index in [1.54, 1.807) is 0 Å². The Morgan fingerprint density at radius 2 is 1.73 bits per heavy atom. The van der Waals surface area contributed by atoms with Crippen molar-refractivity contribution in [1.29, 1.82) is 0 Å². The molecule has 2 aromatic rings. The first-order chi connectivity index (χ1) is 10.8. The van der Waals surface area contributed by atoms with E-state index in [9.17, 15) is 0 Å². The van der Waals surface area contributed by atoms with E-state index in [0.29, 0.717) is 0 Å². The predicted molar refractivity (Wildman–Crippen MR) is 95.0 cm³/mol. The largest absolute Gasteiger partial charge is 0.291 e. The van der Waals surface area contributed by atoms with Crippen molar-refractivity contribution in [2.24, 2.45) is 0 Å². The van der Waals surface area contributed by atoms with Gasteiger partial charge in [0.25, 0.3) is 0 Å². The lowest BCUT2D eigenvalue weighted by molar-refractivity contribution is 0.267. The third-order valence-electron chi connectivity index (χ3n) is 3.48. The number of hydrogen-bond donors (Lipinski definition) is 0. The van der Waals surface area contributed by atoms with E-state index in [1.165, 1.54) is 11.4 Å². The maximum atomic E-state index is 4.73. The zero-order valence-corrected chi connectivity index (χ0v) is 14.4. The molecule has 0 bridgehead atoms. The molecule has 4 heteroatoms. The summed E-state index contributed by atoms with van der Waals surface area (Å²) in [6.07, 6.45) is 2.85. The minimum Gasteiger partial charge on any atom is -0.291 e. The molecule has 0 spiro atoms. The highest BCUT2D eigenvalue weighted by atomic mass is 32.2. The minimum absolute atomic E-state index is 0.878. The number of hydrogen-bond acceptors (Lipinski definition) is 4. The molecular formula is C18H25N3S. The van der Waals surface area contributed by atoms with Gasteiger partial charge < -0.3 is 0 Å². The third-order valence-corrected chi connectivity index (χ3v) is 4.36. The van der Waals surface area contributed by atoms with E-state index in [1.807, 2.05) is 24.0 Å². The quantitative estimate of drug-likeness (QED) is 0.658. The monoisotopic (exact) mass is 315 g/mol. The van der Waals surface area contributed by atoms with Crippen molar-refractivity contribution < 1.29 is 0 Å². The fourth-order valence-corrected chi connectivity index (χ4v) is 2.99. The lowest BCUT2D eigenvalue weighted by atomic mass is 10.2. The van der Waals surface area contributed by atoms with Gasteiger partial charge in [0, 0.05) is 37.3 Å². The summed E-state index contributed by atoms with van der Waals surface area (Å²) >= 11 is 1.98. The summed E-state index contributed by atoms with van der Waals surface area (Å²) in [5.74, 6) is 2.32. The number of thioether (sulfide) groups is 1. The van der Waals surface area contributed by atoms with Gasteiger partial charge in [0.15, 0.2) is 0 Å². The Kier molecular flexibility index (Phi) is 7.40. The molecule has 0 saturated heterocycles. The van der Waals surface area contributed by atoms with Gasteiger partial charge >= 0.3 is 0 Å². The minimum atomic E-state index is 0.878. The Hall–Kier alpha value is -1.39. The summed E-state index contributed by atoms with van der Waals surface area (Å²) in [4.78, 5) is 11.6. The van der Waals surface area contributed by atoms with Crippen LogP contribution in [0.5, 0.6) is 0 Å². The van der Waals surface area contributed by atoms with Gasteiger partial charge in [-0.3, -0.25) is 14.9 Å². The van der Waals surface area contributed by atoms with Crippen molar-refractivity contribution in [3.8, 4) is 0 Å². The average molecular weight is 315 g/mol. The van der Waals surface area contributed by atoms with Gasteiger partial charge in [-0.05, 0) is 36.4 Å². The highest BCUT2D eigenvalue weighted by Gasteiger charge is 2.09. The highest BCUT2D eigenvalue weighted by Crippen LogP contribution is 2.10. The van der Waals surface area contributed by atoms with Crippen molar-refractivity contribution in [3.05, 3.63) is 59.7 Å². The number of aryl methyl sites for hydroxylation is 1. The Balaban J connectivity index is 2.02. The van der Waals surface area contributed by atoms with Crippen molar-refractivity contribution in [1.82, 2.24) is 14.9 Å². The normalized spacial score (nSPS) is 11.0. The summed E-state index contributed by atoms with van der Waals surface area (Å²) < 4.78 is 0. The predicted octanol–water partition coefficient (Wildman–Crippen LogP) is 3.79. The van der Waals surface area contributed by atoms with Crippen LogP contribution in [0.4, 0.5) is 0 Å². The second-order valence-electron chi connectivity index (χ2n) is 5.20. The molecule has 0 N–H and O–H groups in total. The van der Waals surface area contributed by atoms with Gasteiger partial charge in [0.05, 0.1) is 11.4 Å². The van der Waals surface area contributed by atoms with Gasteiger partial charge in [-0.25, -0.2) is 0 Å². The Morgan fingerprint density at radius 1 is 0.955 bits per heavy atom. The highest BCUT2D eigenvalue weighted by molar-refractivity contribution is 7.99. The molecule has 2 rings (SSSR count). The van der Waals surface area contributed by atoms with Crippen LogP contribution in [0.25, 0.3) is 0 Å². The van der Waals surface area contributed by atoms with Gasteiger partial charge in [-0.1, -0.05) is 26.0 Å². The average Bonchev–Trinajstić information content (AvgIpc) is 2.56. The molecule has 22 heavy (non-hydrogen) atoms. The Labute approximate surface area is 138 Å². The maximum Gasteiger partial charge on any atom is 0.0547 e. The van der Waals surface area contributed by atoms with E-state index < -0.39 is 0 Å². The molecule has 0 aliphatic carbocycles. The van der Waals surface area contributed by atoms with E-state index in [2.05, 4.69) is 54.1 Å². The summed E-state index contributed by atoms with van der Waals surface area (Å²) in [7, 11) is 0. The number of aromatic nitrogens is 2. The fourth-order valence-electron chi connectivity index (χ4n) is 2.32. The molecule has 0 unspecified atom stereocenters. The zero-order valence-electron chi connectivity index (χ0n) is 13.5. The number of rotatable bonds is 9. The van der Waals surface area contributed by atoms with Crippen LogP contribution in [0.15, 0.2) is 42.6 Å². The van der Waals surface area contributed by atoms with Crippen LogP contribution in [0.1, 0.15) is 30.9 Å². The second-order valence-corrected chi connectivity index (χ2v) is 6.60. The van der Waals surface area contributed by atoms with Crippen LogP contribution in [-0.4, -0.2) is 32.9 Å². The first-order valence-corrected chi connectivity index (χ1v) is 9.12. The molecule has 0 aliphatic heterocycles. The molecule has 0 atom stereocenters. The van der Waals surface area contributed by atoms with Crippen LogP contribution in [0.3, 0.4) is 0 Å². The molecule has 2 aromatic heterocycles. The van der Waals surface area contributed by atoms with Crippen molar-refractivity contribution in [2.75, 3.05) is 18.1 Å². The summed E-state index contributed by atoms with van der Waals surface area (Å²) in [6, 6.07) is 12.4. The Bertz CT molecular complexity index is 545. The van der Waals surface area contributed by atoms with Crippen molar-refractivity contribution in [2.45, 2.75) is 33.4 Å². The lowest BCUT2D eigenvalue weighted by Gasteiger charge is -2.21. The molecule has 0 fully saturated rings. The van der Waals surface area contributed by atoms with Crippen LogP contribution in [0.2, 0.25) is 0 Å². The van der Waals surface area contributed by atoms with Gasteiger partial charge in [-0.15, -0.1) is 0 Å². The third kappa shape index (κ3) is 5.78. The first kappa shape index (κ1) is 17.0. The molecular weight excluding hydrogens is 290 g/mol. The van der Waals surface area contributed by atoms with Gasteiger partial charge in [0.1, 0.15) is 0 Å².